The molecule has 15 heterocycles. The summed E-state index contributed by atoms with van der Waals surface area (Å²) in [6.07, 6.45) is 19.4. The fourth-order valence-corrected chi connectivity index (χ4v) is 19.7. The Morgan fingerprint density at radius 3 is 1.21 bits per heavy atom. The number of benzene rings is 9. The van der Waals surface area contributed by atoms with Gasteiger partial charge in [0.05, 0.1) is 95.3 Å². The Hall–Kier alpha value is -16.1. The number of rotatable bonds is 19. The number of fused-ring (bicyclic) bond motifs is 6. The smallest absolute Gasteiger partial charge is 0.237 e. The van der Waals surface area contributed by atoms with Crippen molar-refractivity contribution in [2.45, 2.75) is 36.7 Å². The molecule has 3 N–H and O–H groups in total. The molecule has 5 saturated heterocycles. The highest BCUT2D eigenvalue weighted by Crippen LogP contribution is 2.39. The molecule has 3 amide bonds. The molecule has 9 aromatic carbocycles. The van der Waals surface area contributed by atoms with Gasteiger partial charge >= 0.3 is 0 Å². The van der Waals surface area contributed by atoms with E-state index in [0.29, 0.717) is 108 Å². The predicted molar refractivity (Wildman–Crippen MR) is 528 cm³/mol. The third-order valence-corrected chi connectivity index (χ3v) is 27.6. The van der Waals surface area contributed by atoms with Crippen LogP contribution in [0.25, 0.3) is 133 Å². The molecule has 5 fully saturated rings. The molecule has 0 unspecified atom stereocenters. The molecule has 6 aliphatic heterocycles. The first-order valence-electron chi connectivity index (χ1n) is 47.2. The summed E-state index contributed by atoms with van der Waals surface area (Å²) in [7, 11) is 1.68. The summed E-state index contributed by atoms with van der Waals surface area (Å²) in [4.78, 5) is 111. The molecule has 18 aromatic rings. The maximum Gasteiger partial charge on any atom is 0.237 e. The minimum absolute atomic E-state index is 0.0875. The molecular weight excluding hydrogens is 1790 g/mol. The maximum absolute atomic E-state index is 13.5. The molecule has 31 nitrogen and oxygen atoms in total. The topological polar surface area (TPSA) is 330 Å². The van der Waals surface area contributed by atoms with Gasteiger partial charge in [-0.15, -0.1) is 0 Å². The molecule has 24 rings (SSSR count). The number of carbonyl (C=O) groups excluding carboxylic acids is 3. The highest BCUT2D eigenvalue weighted by molar-refractivity contribution is 6.04. The van der Waals surface area contributed by atoms with E-state index < -0.39 is 11.4 Å². The first-order valence-corrected chi connectivity index (χ1v) is 47.2. The van der Waals surface area contributed by atoms with Gasteiger partial charge in [0.1, 0.15) is 34.7 Å². The summed E-state index contributed by atoms with van der Waals surface area (Å²) >= 11 is 0. The van der Waals surface area contributed by atoms with Gasteiger partial charge < -0.3 is 29.2 Å². The lowest BCUT2D eigenvalue weighted by molar-refractivity contribution is -0.442. The Bertz CT molecular complexity index is 7650. The van der Waals surface area contributed by atoms with Crippen molar-refractivity contribution in [3.05, 3.63) is 291 Å². The molecule has 141 heavy (non-hydrogen) atoms. The number of carbonyl (C=O) groups is 3. The van der Waals surface area contributed by atoms with Crippen LogP contribution in [0, 0.1) is 23.3 Å². The summed E-state index contributed by atoms with van der Waals surface area (Å²) in [6, 6.07) is 58.9. The number of likely N-dealkylation sites (tertiary alicyclic amines) is 3. The number of nitrogens with one attached hydrogen (secondary N) is 3. The van der Waals surface area contributed by atoms with Crippen LogP contribution in [0.2, 0.25) is 0 Å². The number of aromatic amines is 3. The van der Waals surface area contributed by atoms with Crippen LogP contribution in [0.4, 0.5) is 34.6 Å². The average molecular weight is 1890 g/mol. The second-order valence-corrected chi connectivity index (χ2v) is 36.3. The number of ether oxygens (including phenoxy) is 1. The summed E-state index contributed by atoms with van der Waals surface area (Å²) in [5.74, 6) is 3.45. The molecule has 706 valence electrons. The molecule has 0 bridgehead atoms. The number of piperazine rings is 2. The first-order chi connectivity index (χ1) is 69.0. The monoisotopic (exact) mass is 1890 g/mol. The van der Waals surface area contributed by atoms with Crippen LogP contribution in [0.5, 0.6) is 0 Å². The van der Waals surface area contributed by atoms with Gasteiger partial charge in [0.15, 0.2) is 41.9 Å². The fraction of sp³-hybridized carbons (Fsp3) is 0.255. The Labute approximate surface area is 806 Å². The van der Waals surface area contributed by atoms with Crippen molar-refractivity contribution < 1.29 is 41.3 Å². The van der Waals surface area contributed by atoms with Crippen molar-refractivity contribution in [1.82, 2.24) is 120 Å². The number of hydrogen-bond donors (Lipinski definition) is 3. The Kier molecular flexibility index (Phi) is 25.2. The van der Waals surface area contributed by atoms with E-state index in [4.69, 9.17) is 34.6 Å². The molecule has 3 atom stereocenters. The zero-order valence-corrected chi connectivity index (χ0v) is 77.0. The Morgan fingerprint density at radius 2 is 0.787 bits per heavy atom. The first kappa shape index (κ1) is 90.1. The number of methoxy groups -OCH3 is 1. The van der Waals surface area contributed by atoms with Crippen LogP contribution >= 0.6 is 0 Å². The minimum atomic E-state index is -0.735. The third kappa shape index (κ3) is 19.4. The van der Waals surface area contributed by atoms with E-state index in [-0.39, 0.29) is 47.0 Å². The van der Waals surface area contributed by atoms with Gasteiger partial charge in [-0.3, -0.25) is 44.4 Å². The SMILES string of the molecule is CO[C@@]1(c2ncc3cc4[nH]nc(-c5ccc(F)cc5)c4cc3n2)CCN(CC(=O)N2CC=[N+](c3ccc(-c4ncccn4)cc3)CC2)C1.O=C(CN1CC[C@@H](c2ncc3cc4[nH]nc(-c5ccc(F)cc5)c4cc3n2)C1)N1CCN(c2ccc(-c3ncc(F)cn3)cc2)CC1.O=C(CN1CC[C@@H](c2ncc3cc4[nH]nc(-c5ccc(F)cc5)c4cc3n2)C1)N1CCN(c2ccc(-c3ncccn3)cc2)CC1. The molecule has 0 aliphatic carbocycles. The van der Waals surface area contributed by atoms with Gasteiger partial charge in [-0.1, -0.05) is 0 Å². The highest BCUT2D eigenvalue weighted by atomic mass is 19.1. The highest BCUT2D eigenvalue weighted by Gasteiger charge is 2.44. The summed E-state index contributed by atoms with van der Waals surface area (Å²) in [5, 5.41) is 28.1. The normalized spacial score (nSPS) is 17.7. The van der Waals surface area contributed by atoms with Gasteiger partial charge in [-0.2, -0.15) is 19.9 Å². The lowest BCUT2D eigenvalue weighted by Crippen LogP contribution is -2.51. The van der Waals surface area contributed by atoms with Crippen LogP contribution in [-0.2, 0) is 24.7 Å². The molecule has 0 spiro atoms. The second-order valence-electron chi connectivity index (χ2n) is 36.3. The Morgan fingerprint density at radius 1 is 0.397 bits per heavy atom. The van der Waals surface area contributed by atoms with Gasteiger partial charge in [-0.25, -0.2) is 77.4 Å². The lowest BCUT2D eigenvalue weighted by Gasteiger charge is -2.36. The van der Waals surface area contributed by atoms with Crippen molar-refractivity contribution >= 4 is 106 Å². The van der Waals surface area contributed by atoms with Crippen LogP contribution in [0.3, 0.4) is 0 Å². The number of H-pyrrole nitrogens is 3. The largest absolute Gasteiger partial charge is 0.369 e. The van der Waals surface area contributed by atoms with E-state index >= 15 is 0 Å². The van der Waals surface area contributed by atoms with E-state index in [1.54, 1.807) is 74.4 Å². The molecule has 6 aliphatic rings. The number of halogens is 4. The van der Waals surface area contributed by atoms with Crippen LogP contribution < -0.4 is 9.80 Å². The zero-order chi connectivity index (χ0) is 95.6. The lowest BCUT2D eigenvalue weighted by atomic mass is 10.0. The molecule has 9 aromatic heterocycles. The molecule has 0 saturated carbocycles. The second kappa shape index (κ2) is 39.4. The average Bonchev–Trinajstić information content (AvgIpc) is 1.62. The summed E-state index contributed by atoms with van der Waals surface area (Å²) in [6.45, 7) is 13.2. The number of anilines is 2. The third-order valence-electron chi connectivity index (χ3n) is 27.6. The predicted octanol–water partition coefficient (Wildman–Crippen LogP) is 14.5. The summed E-state index contributed by atoms with van der Waals surface area (Å²) < 4.78 is 62.0. The number of nitrogens with zero attached hydrogens (tertiary/aromatic N) is 24. The van der Waals surface area contributed by atoms with E-state index in [1.807, 2.05) is 112 Å². The fourth-order valence-electron chi connectivity index (χ4n) is 19.7. The number of aromatic nitrogens is 18. The van der Waals surface area contributed by atoms with E-state index in [2.05, 4.69) is 132 Å². The number of amides is 3. The van der Waals surface area contributed by atoms with Crippen molar-refractivity contribution in [3.63, 3.8) is 0 Å². The van der Waals surface area contributed by atoms with Crippen molar-refractivity contribution in [1.29, 1.82) is 0 Å². The molecule has 0 radical (unpaired) electrons. The quantitative estimate of drug-likeness (QED) is 0.0500. The van der Waals surface area contributed by atoms with Gasteiger partial charge in [0.2, 0.25) is 23.4 Å². The van der Waals surface area contributed by atoms with E-state index in [9.17, 15) is 31.9 Å². The van der Waals surface area contributed by atoms with E-state index in [0.717, 1.165) is 222 Å². The maximum atomic E-state index is 13.5. The van der Waals surface area contributed by atoms with Crippen LogP contribution in [0.15, 0.2) is 250 Å². The van der Waals surface area contributed by atoms with E-state index in [1.165, 1.54) is 36.4 Å². The van der Waals surface area contributed by atoms with Crippen LogP contribution in [-0.4, -0.2) is 286 Å². The van der Waals surface area contributed by atoms with Gasteiger partial charge in [0.25, 0.3) is 0 Å². The van der Waals surface area contributed by atoms with Crippen molar-refractivity contribution in [2.24, 2.45) is 0 Å². The zero-order valence-electron chi connectivity index (χ0n) is 77.0. The van der Waals surface area contributed by atoms with Crippen molar-refractivity contribution in [2.75, 3.05) is 148 Å². The minimum Gasteiger partial charge on any atom is -0.369 e. The van der Waals surface area contributed by atoms with Crippen LogP contribution in [0.1, 0.15) is 48.6 Å². The standard InChI is InChI=1S/C36H33FN9O2.C35H31F2N9O.C35H32FN9O/c1-48-36(35-40-21-26-19-31-29(20-30(26)41-35)33(43-42-31)24-3-7-27(37)8-4-24)11-14-44(23-36)22-32(47)46-17-15-45(16-18-46)28-9-5-25(6-10-28)34-38-12-2-13-39-34;36-26-5-1-22(2-6-26)33-29-16-30-25(15-31(29)42-43-33)17-38-35(41-30)24-9-10-44(20-24)21-32(47)46-13-11-45(12-14-46)28-7-3-23(4-8-28)34-39-18-27(37)19-40-34;36-27-6-2-23(3-7-27)33-29-19-30-26(18-31(29)41-42-33)20-39-35(40-30)25-10-13-43(21-25)22-32(46)45-16-14-44(15-17-45)28-8-4-24(5-9-28)34-37-11-1-12-38-34/h2-10,12-13,15,19-21H,11,14,16-18,22-23H2,1H3,(H,42,43);1-8,15-19,24H,9-14,20-21H2,(H,42,43);1-9,11-12,18-20,25H,10,13-17,21-22H2,(H,41,42)/q+1;;/t36-;24-;25-/m011/s1. The summed E-state index contributed by atoms with van der Waals surface area (Å²) in [5.41, 5.74) is 15.1. The number of hydrogen-bond acceptors (Lipinski definition) is 24. The van der Waals surface area contributed by atoms with Crippen molar-refractivity contribution in [3.8, 4) is 67.9 Å². The Balaban J connectivity index is 0.000000121. The molecule has 35 heteroatoms. The molecular formula is C106H96F4N27O4+. The van der Waals surface area contributed by atoms with Gasteiger partial charge in [-0.05, 0) is 214 Å². The van der Waals surface area contributed by atoms with Gasteiger partial charge in [0, 0.05) is 230 Å².